The maximum atomic E-state index is 13.5. The van der Waals surface area contributed by atoms with Crippen molar-refractivity contribution in [2.24, 2.45) is 10.9 Å². The lowest BCUT2D eigenvalue weighted by Crippen LogP contribution is -2.42. The van der Waals surface area contributed by atoms with E-state index in [1.165, 1.54) is 12.1 Å². The molecule has 0 bridgehead atoms. The summed E-state index contributed by atoms with van der Waals surface area (Å²) < 4.78 is 40.5. The summed E-state index contributed by atoms with van der Waals surface area (Å²) in [6, 6.07) is 4.28. The predicted molar refractivity (Wildman–Crippen MR) is 110 cm³/mol. The summed E-state index contributed by atoms with van der Waals surface area (Å²) in [6.07, 6.45) is 1.87. The minimum absolute atomic E-state index is 0.310. The fraction of sp³-hybridized carbons (Fsp3) is 0.526. The second-order valence-electron chi connectivity index (χ2n) is 7.37. The molecular weight excluding hydrogens is 417 g/mol. The normalized spacial score (nSPS) is 18.4. The van der Waals surface area contributed by atoms with Crippen molar-refractivity contribution < 1.29 is 22.4 Å². The Morgan fingerprint density at radius 2 is 2.07 bits per heavy atom. The predicted octanol–water partition coefficient (Wildman–Crippen LogP) is 1.96. The highest BCUT2D eigenvalue weighted by atomic mass is 32.2. The van der Waals surface area contributed by atoms with Gasteiger partial charge in [-0.1, -0.05) is 18.3 Å². The van der Waals surface area contributed by atoms with Crippen molar-refractivity contribution in [3.63, 3.8) is 0 Å². The molecule has 2 amide bonds. The zero-order valence-corrected chi connectivity index (χ0v) is 18.1. The number of thiazole rings is 1. The van der Waals surface area contributed by atoms with Gasteiger partial charge >= 0.3 is 0 Å². The zero-order chi connectivity index (χ0) is 21.2. The maximum Gasteiger partial charge on any atom is 0.263 e. The number of carbonyl (C=O) groups excluding carboxylic acids is 2. The van der Waals surface area contributed by atoms with Gasteiger partial charge in [0.1, 0.15) is 17.3 Å². The van der Waals surface area contributed by atoms with Crippen molar-refractivity contribution in [3.8, 4) is 0 Å². The van der Waals surface area contributed by atoms with E-state index in [-0.39, 0.29) is 0 Å². The molecule has 10 heteroatoms. The fourth-order valence-corrected chi connectivity index (χ4v) is 5.75. The number of rotatable bonds is 5. The zero-order valence-electron chi connectivity index (χ0n) is 16.4. The molecule has 0 radical (unpaired) electrons. The summed E-state index contributed by atoms with van der Waals surface area (Å²) >= 11 is 1.12. The van der Waals surface area contributed by atoms with Crippen LogP contribution in [0.3, 0.4) is 0 Å². The van der Waals surface area contributed by atoms with Crippen LogP contribution in [0.2, 0.25) is 0 Å². The molecule has 1 aromatic heterocycles. The Kier molecular flexibility index (Phi) is 6.52. The summed E-state index contributed by atoms with van der Waals surface area (Å²) in [5.74, 6) is -2.87. The van der Waals surface area contributed by atoms with E-state index in [0.717, 1.165) is 29.7 Å². The van der Waals surface area contributed by atoms with E-state index in [2.05, 4.69) is 4.99 Å². The van der Waals surface area contributed by atoms with Crippen molar-refractivity contribution in [1.29, 1.82) is 0 Å². The average molecular weight is 442 g/mol. The topological polar surface area (TPSA) is 88.8 Å². The Balaban J connectivity index is 1.75. The quantitative estimate of drug-likeness (QED) is 0.710. The lowest BCUT2D eigenvalue weighted by molar-refractivity contribution is -0.130. The molecule has 1 unspecified atom stereocenters. The highest BCUT2D eigenvalue weighted by Crippen LogP contribution is 2.19. The van der Waals surface area contributed by atoms with Crippen LogP contribution < -0.4 is 4.80 Å². The SMILES string of the molecule is CCn1c(=NC(=O)CS(=O)(=O)CC(=O)N2CCCC(C)C2)sc2cc(F)ccc21. The first-order chi connectivity index (χ1) is 13.7. The molecule has 7 nitrogen and oxygen atoms in total. The summed E-state index contributed by atoms with van der Waals surface area (Å²) in [4.78, 5) is 30.4. The van der Waals surface area contributed by atoms with Crippen LogP contribution in [0.15, 0.2) is 23.2 Å². The largest absolute Gasteiger partial charge is 0.342 e. The van der Waals surface area contributed by atoms with Gasteiger partial charge in [-0.2, -0.15) is 4.99 Å². The molecule has 1 aromatic carbocycles. The Bertz CT molecular complexity index is 1100. The molecule has 3 rings (SSSR count). The standard InChI is InChI=1S/C19H24FN3O4S2/c1-3-23-15-7-6-14(20)9-16(15)28-19(23)21-17(24)11-29(26,27)12-18(25)22-8-4-5-13(2)10-22/h6-7,9,13H,3-5,8,10-12H2,1-2H3. The molecule has 0 N–H and O–H groups in total. The minimum Gasteiger partial charge on any atom is -0.342 e. The maximum absolute atomic E-state index is 13.5. The van der Waals surface area contributed by atoms with Crippen LogP contribution in [0.5, 0.6) is 0 Å². The van der Waals surface area contributed by atoms with Crippen LogP contribution in [0.1, 0.15) is 26.7 Å². The Morgan fingerprint density at radius 3 is 2.76 bits per heavy atom. The van der Waals surface area contributed by atoms with Crippen LogP contribution in [-0.2, 0) is 26.0 Å². The summed E-state index contributed by atoms with van der Waals surface area (Å²) in [6.45, 7) is 5.47. The molecule has 0 spiro atoms. The molecular formula is C19H24FN3O4S2. The number of halogens is 1. The van der Waals surface area contributed by atoms with Crippen molar-refractivity contribution in [2.75, 3.05) is 24.6 Å². The number of aromatic nitrogens is 1. The Morgan fingerprint density at radius 1 is 1.31 bits per heavy atom. The number of carbonyl (C=O) groups is 2. The second-order valence-corrected chi connectivity index (χ2v) is 10.4. The van der Waals surface area contributed by atoms with Gasteiger partial charge in [0, 0.05) is 19.6 Å². The molecule has 2 heterocycles. The number of piperidine rings is 1. The number of amides is 2. The molecule has 2 aromatic rings. The number of aryl methyl sites for hydroxylation is 1. The molecule has 0 saturated carbocycles. The van der Waals surface area contributed by atoms with Crippen LogP contribution in [0, 0.1) is 11.7 Å². The van der Waals surface area contributed by atoms with Crippen molar-refractivity contribution in [3.05, 3.63) is 28.8 Å². The van der Waals surface area contributed by atoms with Gasteiger partial charge in [0.05, 0.1) is 10.2 Å². The first kappa shape index (κ1) is 21.6. The smallest absolute Gasteiger partial charge is 0.263 e. The molecule has 1 fully saturated rings. The average Bonchev–Trinajstić information content (AvgIpc) is 2.96. The van der Waals surface area contributed by atoms with Gasteiger partial charge < -0.3 is 9.47 Å². The summed E-state index contributed by atoms with van der Waals surface area (Å²) in [7, 11) is -3.92. The number of nitrogens with zero attached hydrogens (tertiary/aromatic N) is 3. The van der Waals surface area contributed by atoms with Crippen molar-refractivity contribution >= 4 is 43.2 Å². The highest BCUT2D eigenvalue weighted by Gasteiger charge is 2.27. The van der Waals surface area contributed by atoms with Crippen LogP contribution in [0.25, 0.3) is 10.2 Å². The van der Waals surface area contributed by atoms with E-state index in [1.54, 1.807) is 15.5 Å². The molecule has 158 valence electrons. The number of likely N-dealkylation sites (tertiary alicyclic amines) is 1. The van der Waals surface area contributed by atoms with Gasteiger partial charge in [0.2, 0.25) is 5.91 Å². The summed E-state index contributed by atoms with van der Waals surface area (Å²) in [5.41, 5.74) is 0.725. The van der Waals surface area contributed by atoms with Gasteiger partial charge in [-0.25, -0.2) is 12.8 Å². The molecule has 1 aliphatic heterocycles. The van der Waals surface area contributed by atoms with E-state index in [9.17, 15) is 22.4 Å². The monoisotopic (exact) mass is 441 g/mol. The lowest BCUT2D eigenvalue weighted by Gasteiger charge is -2.30. The molecule has 1 aliphatic rings. The van der Waals surface area contributed by atoms with Gasteiger partial charge in [-0.15, -0.1) is 0 Å². The van der Waals surface area contributed by atoms with Crippen molar-refractivity contribution in [2.45, 2.75) is 33.2 Å². The van der Waals surface area contributed by atoms with E-state index in [1.807, 2.05) is 13.8 Å². The molecule has 1 atom stereocenters. The third-order valence-corrected chi connectivity index (χ3v) is 7.29. The van der Waals surface area contributed by atoms with E-state index >= 15 is 0 Å². The minimum atomic E-state index is -3.92. The Labute approximate surface area is 172 Å². The van der Waals surface area contributed by atoms with Gasteiger partial charge in [0.25, 0.3) is 5.91 Å². The number of hydrogen-bond donors (Lipinski definition) is 0. The number of sulfone groups is 1. The first-order valence-corrected chi connectivity index (χ1v) is 12.2. The summed E-state index contributed by atoms with van der Waals surface area (Å²) in [5, 5.41) is 0. The third kappa shape index (κ3) is 5.30. The molecule has 0 aliphatic carbocycles. The van der Waals surface area contributed by atoms with E-state index in [0.29, 0.717) is 35.1 Å². The van der Waals surface area contributed by atoms with Crippen molar-refractivity contribution in [1.82, 2.24) is 9.47 Å². The van der Waals surface area contributed by atoms with E-state index < -0.39 is 39.0 Å². The number of fused-ring (bicyclic) bond motifs is 1. The van der Waals surface area contributed by atoms with Gasteiger partial charge in [0.15, 0.2) is 14.6 Å². The lowest BCUT2D eigenvalue weighted by atomic mass is 10.0. The Hall–Kier alpha value is -2.07. The molecule has 29 heavy (non-hydrogen) atoms. The van der Waals surface area contributed by atoms with Crippen LogP contribution in [-0.4, -0.2) is 54.3 Å². The van der Waals surface area contributed by atoms with Gasteiger partial charge in [-0.05, 0) is 43.9 Å². The number of hydrogen-bond acceptors (Lipinski definition) is 5. The fourth-order valence-electron chi connectivity index (χ4n) is 3.51. The molecule has 1 saturated heterocycles. The van der Waals surface area contributed by atoms with Crippen LogP contribution in [0.4, 0.5) is 4.39 Å². The van der Waals surface area contributed by atoms with Gasteiger partial charge in [-0.3, -0.25) is 9.59 Å². The first-order valence-electron chi connectivity index (χ1n) is 9.53. The van der Waals surface area contributed by atoms with Crippen LogP contribution >= 0.6 is 11.3 Å². The van der Waals surface area contributed by atoms with E-state index in [4.69, 9.17) is 0 Å². The highest BCUT2D eigenvalue weighted by molar-refractivity contribution is 7.92. The second kappa shape index (κ2) is 8.74. The number of benzene rings is 1. The third-order valence-electron chi connectivity index (χ3n) is 4.88.